The van der Waals surface area contributed by atoms with Crippen molar-refractivity contribution in [1.82, 2.24) is 0 Å². The van der Waals surface area contributed by atoms with Crippen molar-refractivity contribution in [2.75, 3.05) is 0 Å². The lowest BCUT2D eigenvalue weighted by Gasteiger charge is -2.46. The first kappa shape index (κ1) is 12.4. The monoisotopic (exact) mass is 224 g/mol. The second kappa shape index (κ2) is 4.33. The van der Waals surface area contributed by atoms with Gasteiger partial charge in [-0.15, -0.1) is 0 Å². The maximum absolute atomic E-state index is 9.85. The van der Waals surface area contributed by atoms with Crippen molar-refractivity contribution in [3.05, 3.63) is 0 Å². The van der Waals surface area contributed by atoms with E-state index in [0.29, 0.717) is 11.3 Å². The van der Waals surface area contributed by atoms with Crippen molar-refractivity contribution in [2.24, 2.45) is 29.1 Å². The summed E-state index contributed by atoms with van der Waals surface area (Å²) >= 11 is 0. The third kappa shape index (κ3) is 1.81. The van der Waals surface area contributed by atoms with Crippen molar-refractivity contribution >= 4 is 0 Å². The van der Waals surface area contributed by atoms with Crippen LogP contribution in [0.3, 0.4) is 0 Å². The summed E-state index contributed by atoms with van der Waals surface area (Å²) in [7, 11) is 0. The fourth-order valence-corrected chi connectivity index (χ4v) is 4.80. The van der Waals surface area contributed by atoms with Gasteiger partial charge in [-0.05, 0) is 55.3 Å². The average Bonchev–Trinajstić information content (AvgIpc) is 2.55. The number of rotatable bonds is 2. The van der Waals surface area contributed by atoms with Crippen molar-refractivity contribution < 1.29 is 5.11 Å². The van der Waals surface area contributed by atoms with Crippen molar-refractivity contribution in [3.8, 4) is 0 Å². The highest BCUT2D eigenvalue weighted by molar-refractivity contribution is 5.01. The molecule has 1 nitrogen and oxygen atoms in total. The van der Waals surface area contributed by atoms with E-state index in [2.05, 4.69) is 20.8 Å². The smallest absolute Gasteiger partial charge is 0.0540 e. The van der Waals surface area contributed by atoms with E-state index in [1.807, 2.05) is 6.92 Å². The SMILES string of the molecule is CC(O)[C@@H](C)C1CCC2[C@@H](C)CCC[C@]12C. The Balaban J connectivity index is 2.18. The lowest BCUT2D eigenvalue weighted by atomic mass is 9.59. The van der Waals surface area contributed by atoms with Gasteiger partial charge in [-0.2, -0.15) is 0 Å². The second-order valence-electron chi connectivity index (χ2n) is 6.77. The molecule has 1 N–H and O–H groups in total. The Morgan fingerprint density at radius 3 is 2.50 bits per heavy atom. The van der Waals surface area contributed by atoms with Crippen LogP contribution in [-0.2, 0) is 0 Å². The molecule has 6 atom stereocenters. The predicted molar refractivity (Wildman–Crippen MR) is 68.2 cm³/mol. The lowest BCUT2D eigenvalue weighted by molar-refractivity contribution is 0.0000472. The largest absolute Gasteiger partial charge is 0.393 e. The Morgan fingerprint density at radius 1 is 1.19 bits per heavy atom. The van der Waals surface area contributed by atoms with Crippen molar-refractivity contribution in [3.63, 3.8) is 0 Å². The van der Waals surface area contributed by atoms with Crippen LogP contribution in [0.1, 0.15) is 59.8 Å². The van der Waals surface area contributed by atoms with Crippen molar-refractivity contribution in [1.29, 1.82) is 0 Å². The van der Waals surface area contributed by atoms with Crippen LogP contribution in [-0.4, -0.2) is 11.2 Å². The van der Waals surface area contributed by atoms with Gasteiger partial charge < -0.3 is 5.11 Å². The molecule has 0 aromatic carbocycles. The van der Waals surface area contributed by atoms with Gasteiger partial charge in [0.25, 0.3) is 0 Å². The van der Waals surface area contributed by atoms with E-state index in [1.54, 1.807) is 0 Å². The number of hydrogen-bond acceptors (Lipinski definition) is 1. The normalized spacial score (nSPS) is 47.4. The maximum atomic E-state index is 9.85. The Hall–Kier alpha value is -0.0400. The van der Waals surface area contributed by atoms with Gasteiger partial charge in [0.2, 0.25) is 0 Å². The molecule has 0 heterocycles. The first-order chi connectivity index (χ1) is 7.47. The second-order valence-corrected chi connectivity index (χ2v) is 6.77. The zero-order valence-electron chi connectivity index (χ0n) is 11.4. The molecule has 2 saturated carbocycles. The fourth-order valence-electron chi connectivity index (χ4n) is 4.80. The van der Waals surface area contributed by atoms with Gasteiger partial charge in [-0.25, -0.2) is 0 Å². The molecule has 0 aromatic heterocycles. The van der Waals surface area contributed by atoms with Crippen LogP contribution in [0.5, 0.6) is 0 Å². The predicted octanol–water partition coefficient (Wildman–Crippen LogP) is 3.86. The highest BCUT2D eigenvalue weighted by atomic mass is 16.3. The van der Waals surface area contributed by atoms with E-state index in [0.717, 1.165) is 17.8 Å². The van der Waals surface area contributed by atoms with Gasteiger partial charge in [-0.3, -0.25) is 0 Å². The van der Waals surface area contributed by atoms with E-state index >= 15 is 0 Å². The summed E-state index contributed by atoms with van der Waals surface area (Å²) in [6, 6.07) is 0. The molecule has 0 radical (unpaired) electrons. The van der Waals surface area contributed by atoms with Gasteiger partial charge in [0, 0.05) is 0 Å². The Bertz CT molecular complexity index is 248. The highest BCUT2D eigenvalue weighted by Crippen LogP contribution is 2.59. The van der Waals surface area contributed by atoms with Crippen LogP contribution >= 0.6 is 0 Å². The van der Waals surface area contributed by atoms with Gasteiger partial charge >= 0.3 is 0 Å². The third-order valence-electron chi connectivity index (χ3n) is 5.94. The number of aliphatic hydroxyl groups excluding tert-OH is 1. The van der Waals surface area contributed by atoms with Crippen molar-refractivity contribution in [2.45, 2.75) is 65.9 Å². The van der Waals surface area contributed by atoms with E-state index in [4.69, 9.17) is 0 Å². The molecule has 0 aromatic rings. The van der Waals surface area contributed by atoms with Gasteiger partial charge in [0.1, 0.15) is 0 Å². The Kier molecular flexibility index (Phi) is 3.36. The summed E-state index contributed by atoms with van der Waals surface area (Å²) in [4.78, 5) is 0. The van der Waals surface area contributed by atoms with E-state index in [1.165, 1.54) is 32.1 Å². The molecule has 0 amide bonds. The molecule has 0 bridgehead atoms. The van der Waals surface area contributed by atoms with Crippen LogP contribution in [0.25, 0.3) is 0 Å². The van der Waals surface area contributed by atoms with Crippen LogP contribution in [0.15, 0.2) is 0 Å². The minimum absolute atomic E-state index is 0.141. The van der Waals surface area contributed by atoms with Crippen LogP contribution in [0, 0.1) is 29.1 Å². The van der Waals surface area contributed by atoms with E-state index < -0.39 is 0 Å². The summed E-state index contributed by atoms with van der Waals surface area (Å²) in [5.74, 6) is 3.05. The average molecular weight is 224 g/mol. The summed E-state index contributed by atoms with van der Waals surface area (Å²) in [6.07, 6.45) is 6.83. The first-order valence-corrected chi connectivity index (χ1v) is 7.15. The summed E-state index contributed by atoms with van der Waals surface area (Å²) in [5.41, 5.74) is 0.522. The first-order valence-electron chi connectivity index (χ1n) is 7.15. The Morgan fingerprint density at radius 2 is 1.88 bits per heavy atom. The molecular weight excluding hydrogens is 196 g/mol. The molecule has 0 spiro atoms. The molecule has 16 heavy (non-hydrogen) atoms. The number of fused-ring (bicyclic) bond motifs is 1. The lowest BCUT2D eigenvalue weighted by Crippen LogP contribution is -2.40. The van der Waals surface area contributed by atoms with E-state index in [9.17, 15) is 5.11 Å². The van der Waals surface area contributed by atoms with Crippen LogP contribution < -0.4 is 0 Å². The zero-order valence-corrected chi connectivity index (χ0v) is 11.4. The molecule has 3 unspecified atom stereocenters. The minimum Gasteiger partial charge on any atom is -0.393 e. The summed E-state index contributed by atoms with van der Waals surface area (Å²) in [6.45, 7) is 9.16. The van der Waals surface area contributed by atoms with E-state index in [-0.39, 0.29) is 6.10 Å². The molecular formula is C15H28O. The molecule has 94 valence electrons. The maximum Gasteiger partial charge on any atom is 0.0540 e. The zero-order chi connectivity index (χ0) is 11.9. The molecule has 2 rings (SSSR count). The molecule has 2 aliphatic rings. The quantitative estimate of drug-likeness (QED) is 0.755. The number of aliphatic hydroxyl groups is 1. The third-order valence-corrected chi connectivity index (χ3v) is 5.94. The summed E-state index contributed by atoms with van der Waals surface area (Å²) < 4.78 is 0. The minimum atomic E-state index is -0.141. The van der Waals surface area contributed by atoms with Crippen LogP contribution in [0.4, 0.5) is 0 Å². The highest BCUT2D eigenvalue weighted by Gasteiger charge is 2.51. The standard InChI is InChI=1S/C15H28O/c1-10-6-5-9-15(4)13(10)7-8-14(15)11(2)12(3)16/h10-14,16H,5-9H2,1-4H3/t10-,11+,12?,13?,14?,15-/m0/s1. The molecule has 0 saturated heterocycles. The number of hydrogen-bond donors (Lipinski definition) is 1. The molecule has 2 fully saturated rings. The van der Waals surface area contributed by atoms with Gasteiger partial charge in [-0.1, -0.05) is 33.6 Å². The molecule has 1 heteroatoms. The molecule has 2 aliphatic carbocycles. The molecule has 0 aliphatic heterocycles. The topological polar surface area (TPSA) is 20.2 Å². The van der Waals surface area contributed by atoms with Gasteiger partial charge in [0.15, 0.2) is 0 Å². The van der Waals surface area contributed by atoms with Gasteiger partial charge in [0.05, 0.1) is 6.10 Å². The summed E-state index contributed by atoms with van der Waals surface area (Å²) in [5, 5.41) is 9.85. The Labute approximate surface area is 101 Å². The fraction of sp³-hybridized carbons (Fsp3) is 1.00. The van der Waals surface area contributed by atoms with Crippen LogP contribution in [0.2, 0.25) is 0 Å².